The van der Waals surface area contributed by atoms with Crippen molar-refractivity contribution in [2.75, 3.05) is 6.61 Å². The van der Waals surface area contributed by atoms with Gasteiger partial charge in [0.05, 0.1) is 11.9 Å². The minimum Gasteiger partial charge on any atom is -0.466 e. The predicted octanol–water partition coefficient (Wildman–Crippen LogP) is 3.41. The van der Waals surface area contributed by atoms with Crippen molar-refractivity contribution in [3.05, 3.63) is 22.0 Å². The third-order valence-corrected chi connectivity index (χ3v) is 4.58. The summed E-state index contributed by atoms with van der Waals surface area (Å²) < 4.78 is 19.1. The summed E-state index contributed by atoms with van der Waals surface area (Å²) in [5, 5.41) is 0. The average Bonchev–Trinajstić information content (AvgIpc) is 2.38. The molecule has 0 spiro atoms. The number of thiol groups is 1. The van der Waals surface area contributed by atoms with Crippen LogP contribution in [0.3, 0.4) is 0 Å². The molecule has 0 saturated carbocycles. The van der Waals surface area contributed by atoms with E-state index in [1.165, 1.54) is 0 Å². The molecule has 0 aromatic carbocycles. The van der Waals surface area contributed by atoms with Crippen molar-refractivity contribution in [3.8, 4) is 0 Å². The highest BCUT2D eigenvalue weighted by Crippen LogP contribution is 2.31. The first kappa shape index (κ1) is 16.8. The first-order valence-electron chi connectivity index (χ1n) is 5.82. The number of rotatable bonds is 6. The molecule has 1 fully saturated rings. The zero-order valence-electron chi connectivity index (χ0n) is 10.7. The van der Waals surface area contributed by atoms with Gasteiger partial charge in [0.2, 0.25) is 6.29 Å². The molecule has 0 N–H and O–H groups in total. The Bertz CT molecular complexity index is 317. The van der Waals surface area contributed by atoms with E-state index < -0.39 is 0 Å². The van der Waals surface area contributed by atoms with Gasteiger partial charge in [-0.2, -0.15) is 12.2 Å². The van der Waals surface area contributed by atoms with Crippen LogP contribution in [0.1, 0.15) is 20.3 Å². The number of hydrogen-bond donors (Lipinski definition) is 1. The Morgan fingerprint density at radius 2 is 2.44 bits per heavy atom. The topological polar surface area (TPSA) is 27.7 Å². The van der Waals surface area contributed by atoms with Gasteiger partial charge in [0.15, 0.2) is 0 Å². The number of ether oxygens (including phenoxy) is 2. The summed E-state index contributed by atoms with van der Waals surface area (Å²) in [7, 11) is 1.24. The van der Waals surface area contributed by atoms with Crippen LogP contribution in [0, 0.1) is 5.92 Å². The molecule has 18 heavy (non-hydrogen) atoms. The first-order valence-corrected chi connectivity index (χ1v) is 9.56. The molecule has 1 rings (SSSR count). The van der Waals surface area contributed by atoms with Gasteiger partial charge in [-0.3, -0.25) is 0 Å². The molecular formula is C11H19BIO3PS. The lowest BCUT2D eigenvalue weighted by molar-refractivity contribution is -0.185. The van der Waals surface area contributed by atoms with Gasteiger partial charge in [-0.25, -0.2) is 0 Å². The highest BCUT2D eigenvalue weighted by Gasteiger charge is 2.32. The standard InChI is InChI=1S/C11H19BIO3PS/c1-7(6-13)11-15-9(3)8(2)10(16-11)4-5-14-12-17-18/h6,8,10-12,17-18H,3-5H2,1-2H3/b7-6+/t8-,10-,11+/m1/s1. The first-order chi connectivity index (χ1) is 8.60. The summed E-state index contributed by atoms with van der Waals surface area (Å²) in [4.78, 5) is 0. The van der Waals surface area contributed by atoms with Crippen molar-refractivity contribution in [1.82, 2.24) is 0 Å². The molecular weight excluding hydrogens is 381 g/mol. The molecule has 3 nitrogen and oxygen atoms in total. The van der Waals surface area contributed by atoms with Gasteiger partial charge in [-0.05, 0) is 17.4 Å². The van der Waals surface area contributed by atoms with Crippen molar-refractivity contribution < 1.29 is 14.1 Å². The van der Waals surface area contributed by atoms with Gasteiger partial charge in [0, 0.05) is 18.1 Å². The molecule has 102 valence electrons. The van der Waals surface area contributed by atoms with E-state index in [0.29, 0.717) is 21.5 Å². The molecule has 4 atom stereocenters. The van der Waals surface area contributed by atoms with Crippen LogP contribution >= 0.6 is 42.5 Å². The Labute approximate surface area is 130 Å². The van der Waals surface area contributed by atoms with E-state index in [-0.39, 0.29) is 18.3 Å². The lowest BCUT2D eigenvalue weighted by atomic mass is 9.99. The molecule has 0 radical (unpaired) electrons. The molecule has 0 aliphatic carbocycles. The van der Waals surface area contributed by atoms with E-state index in [9.17, 15) is 0 Å². The van der Waals surface area contributed by atoms with Crippen LogP contribution in [0.2, 0.25) is 0 Å². The van der Waals surface area contributed by atoms with Gasteiger partial charge in [-0.1, -0.05) is 43.8 Å². The second kappa shape index (κ2) is 8.85. The molecule has 1 aliphatic rings. The summed E-state index contributed by atoms with van der Waals surface area (Å²) in [6, 6.07) is 0. The highest BCUT2D eigenvalue weighted by atomic mass is 127. The Balaban J connectivity index is 2.51. The Morgan fingerprint density at radius 1 is 1.72 bits per heavy atom. The minimum absolute atomic E-state index is 0.103. The fourth-order valence-electron chi connectivity index (χ4n) is 1.64. The van der Waals surface area contributed by atoms with Crippen LogP contribution in [-0.2, 0) is 14.1 Å². The Kier molecular flexibility index (Phi) is 8.27. The van der Waals surface area contributed by atoms with Crippen LogP contribution in [0.15, 0.2) is 22.0 Å². The Morgan fingerprint density at radius 3 is 3.06 bits per heavy atom. The van der Waals surface area contributed by atoms with E-state index >= 15 is 0 Å². The monoisotopic (exact) mass is 400 g/mol. The fourth-order valence-corrected chi connectivity index (χ4v) is 2.45. The molecule has 0 aromatic heterocycles. The van der Waals surface area contributed by atoms with E-state index in [2.05, 4.69) is 48.3 Å². The summed E-state index contributed by atoms with van der Waals surface area (Å²) in [5.41, 5.74) is 1.06. The van der Waals surface area contributed by atoms with Crippen LogP contribution in [0.25, 0.3) is 0 Å². The maximum Gasteiger partial charge on any atom is 0.310 e. The molecule has 7 heteroatoms. The molecule has 1 aliphatic heterocycles. The van der Waals surface area contributed by atoms with E-state index in [1.54, 1.807) is 0 Å². The molecule has 0 bridgehead atoms. The quantitative estimate of drug-likeness (QED) is 0.244. The van der Waals surface area contributed by atoms with Crippen molar-refractivity contribution in [2.45, 2.75) is 32.7 Å². The minimum atomic E-state index is -0.303. The maximum absolute atomic E-state index is 5.95. The van der Waals surface area contributed by atoms with Gasteiger partial charge in [-0.15, -0.1) is 0 Å². The van der Waals surface area contributed by atoms with Crippen LogP contribution in [0.4, 0.5) is 0 Å². The zero-order chi connectivity index (χ0) is 13.5. The van der Waals surface area contributed by atoms with Gasteiger partial charge in [0.1, 0.15) is 0 Å². The summed E-state index contributed by atoms with van der Waals surface area (Å²) >= 11 is 6.33. The molecule has 1 unspecified atom stereocenters. The highest BCUT2D eigenvalue weighted by molar-refractivity contribution is 14.1. The molecule has 1 saturated heterocycles. The zero-order valence-corrected chi connectivity index (χ0v) is 14.7. The third-order valence-electron chi connectivity index (χ3n) is 2.88. The second-order valence-electron chi connectivity index (χ2n) is 4.23. The summed E-state index contributed by atoms with van der Waals surface area (Å²) in [6.07, 6.45) is 0.653. The largest absolute Gasteiger partial charge is 0.466 e. The normalized spacial score (nSPS) is 29.7. The predicted molar refractivity (Wildman–Crippen MR) is 90.8 cm³/mol. The Hall–Kier alpha value is 0.775. The van der Waals surface area contributed by atoms with Crippen LogP contribution < -0.4 is 0 Å². The molecule has 0 amide bonds. The van der Waals surface area contributed by atoms with Crippen molar-refractivity contribution in [1.29, 1.82) is 0 Å². The van der Waals surface area contributed by atoms with E-state index in [1.807, 2.05) is 11.0 Å². The van der Waals surface area contributed by atoms with Gasteiger partial charge >= 0.3 is 7.20 Å². The third kappa shape index (κ3) is 5.04. The van der Waals surface area contributed by atoms with E-state index in [4.69, 9.17) is 14.1 Å². The van der Waals surface area contributed by atoms with Gasteiger partial charge < -0.3 is 14.1 Å². The summed E-state index contributed by atoms with van der Waals surface area (Å²) in [5.74, 6) is 0.996. The van der Waals surface area contributed by atoms with Crippen LogP contribution in [0.5, 0.6) is 0 Å². The van der Waals surface area contributed by atoms with Crippen molar-refractivity contribution >= 4 is 49.7 Å². The smallest absolute Gasteiger partial charge is 0.310 e. The number of halogens is 1. The lowest BCUT2D eigenvalue weighted by Crippen LogP contribution is -2.38. The average molecular weight is 400 g/mol. The summed E-state index contributed by atoms with van der Waals surface area (Å²) in [6.45, 7) is 8.74. The molecule has 1 heterocycles. The lowest BCUT2D eigenvalue weighted by Gasteiger charge is -2.37. The van der Waals surface area contributed by atoms with E-state index in [0.717, 1.165) is 17.8 Å². The molecule has 0 aromatic rings. The van der Waals surface area contributed by atoms with Gasteiger partial charge in [0.25, 0.3) is 0 Å². The maximum atomic E-state index is 5.95. The SMILES string of the molecule is C=C1O[C@H](/C(C)=C/I)O[C@H](CCOBPS)[C@@H]1C. The van der Waals surface area contributed by atoms with Crippen molar-refractivity contribution in [3.63, 3.8) is 0 Å². The fraction of sp³-hybridized carbons (Fsp3) is 0.636. The van der Waals surface area contributed by atoms with Crippen molar-refractivity contribution in [2.24, 2.45) is 5.92 Å². The second-order valence-corrected chi connectivity index (χ2v) is 6.41. The van der Waals surface area contributed by atoms with Crippen LogP contribution in [-0.4, -0.2) is 26.2 Å². The number of hydrogen-bond acceptors (Lipinski definition) is 4.